The minimum absolute atomic E-state index is 0.754. The third-order valence-electron chi connectivity index (χ3n) is 3.28. The maximum absolute atomic E-state index is 4.59. The summed E-state index contributed by atoms with van der Waals surface area (Å²) in [6.07, 6.45) is 4.83. The third kappa shape index (κ3) is 1.68. The van der Waals surface area contributed by atoms with Crippen LogP contribution < -0.4 is 0 Å². The molecule has 2 heterocycles. The Bertz CT molecular complexity index is 681. The molecule has 18 heavy (non-hydrogen) atoms. The number of aromatic nitrogens is 3. The predicted molar refractivity (Wildman–Crippen MR) is 72.5 cm³/mol. The molecule has 0 N–H and O–H groups in total. The Morgan fingerprint density at radius 3 is 2.61 bits per heavy atom. The molecule has 0 amide bonds. The molecule has 2 aromatic heterocycles. The van der Waals surface area contributed by atoms with Crippen LogP contribution in [-0.4, -0.2) is 14.4 Å². The smallest absolute Gasteiger partial charge is 0.234 e. The number of aryl methyl sites for hydroxylation is 2. The largest absolute Gasteiger partial charge is 0.288 e. The van der Waals surface area contributed by atoms with Crippen molar-refractivity contribution in [3.05, 3.63) is 54.0 Å². The topological polar surface area (TPSA) is 30.2 Å². The molecule has 3 rings (SSSR count). The Morgan fingerprint density at radius 2 is 1.94 bits per heavy atom. The quantitative estimate of drug-likeness (QED) is 0.684. The minimum Gasteiger partial charge on any atom is -0.288 e. The average molecular weight is 237 g/mol. The van der Waals surface area contributed by atoms with Crippen molar-refractivity contribution in [1.29, 1.82) is 0 Å². The summed E-state index contributed by atoms with van der Waals surface area (Å²) in [5.41, 5.74) is 4.63. The number of hydrogen-bond acceptors (Lipinski definition) is 2. The highest BCUT2D eigenvalue weighted by atomic mass is 15.1. The number of imidazole rings is 1. The van der Waals surface area contributed by atoms with Crippen LogP contribution in [0.2, 0.25) is 0 Å². The van der Waals surface area contributed by atoms with Crippen molar-refractivity contribution < 1.29 is 0 Å². The van der Waals surface area contributed by atoms with Gasteiger partial charge in [0.05, 0.1) is 5.69 Å². The van der Waals surface area contributed by atoms with E-state index in [0.29, 0.717) is 0 Å². The maximum atomic E-state index is 4.59. The summed E-state index contributed by atoms with van der Waals surface area (Å²) in [7, 11) is 0. The summed E-state index contributed by atoms with van der Waals surface area (Å²) >= 11 is 0. The van der Waals surface area contributed by atoms with Crippen molar-refractivity contribution in [3.8, 4) is 11.3 Å². The van der Waals surface area contributed by atoms with Crippen LogP contribution in [0, 0.1) is 6.92 Å². The Morgan fingerprint density at radius 1 is 1.17 bits per heavy atom. The molecular weight excluding hydrogens is 222 g/mol. The van der Waals surface area contributed by atoms with Crippen LogP contribution in [0.1, 0.15) is 18.2 Å². The highest BCUT2D eigenvalue weighted by Gasteiger charge is 2.10. The number of rotatable bonds is 2. The molecule has 0 bridgehead atoms. The van der Waals surface area contributed by atoms with Crippen molar-refractivity contribution >= 4 is 5.78 Å². The second-order valence-electron chi connectivity index (χ2n) is 4.39. The standard InChI is InChI=1S/C15H15N3/c1-3-12-5-7-13(8-6-12)14-11(2)18-10-4-9-16-15(18)17-14/h4-10H,3H2,1-2H3. The van der Waals surface area contributed by atoms with E-state index < -0.39 is 0 Å². The van der Waals surface area contributed by atoms with Gasteiger partial charge < -0.3 is 0 Å². The minimum atomic E-state index is 0.754. The van der Waals surface area contributed by atoms with Crippen molar-refractivity contribution in [1.82, 2.24) is 14.4 Å². The Hall–Kier alpha value is -2.16. The van der Waals surface area contributed by atoms with Gasteiger partial charge in [-0.05, 0) is 25.0 Å². The molecule has 3 heteroatoms. The van der Waals surface area contributed by atoms with E-state index in [1.807, 2.05) is 16.7 Å². The third-order valence-corrected chi connectivity index (χ3v) is 3.28. The highest BCUT2D eigenvalue weighted by Crippen LogP contribution is 2.23. The normalized spacial score (nSPS) is 11.0. The first-order valence-electron chi connectivity index (χ1n) is 6.18. The van der Waals surface area contributed by atoms with Crippen molar-refractivity contribution in [2.75, 3.05) is 0 Å². The van der Waals surface area contributed by atoms with Gasteiger partial charge in [-0.15, -0.1) is 0 Å². The second-order valence-corrected chi connectivity index (χ2v) is 4.39. The SMILES string of the molecule is CCc1ccc(-c2nc3ncccn3c2C)cc1. The van der Waals surface area contributed by atoms with Crippen LogP contribution in [0.25, 0.3) is 17.0 Å². The van der Waals surface area contributed by atoms with E-state index in [4.69, 9.17) is 0 Å². The van der Waals surface area contributed by atoms with Crippen molar-refractivity contribution in [2.24, 2.45) is 0 Å². The summed E-state index contributed by atoms with van der Waals surface area (Å²) in [5, 5.41) is 0. The Balaban J connectivity index is 2.15. The fourth-order valence-electron chi connectivity index (χ4n) is 2.17. The first kappa shape index (κ1) is 11.0. The van der Waals surface area contributed by atoms with Gasteiger partial charge >= 0.3 is 0 Å². The van der Waals surface area contributed by atoms with Crippen LogP contribution in [-0.2, 0) is 6.42 Å². The summed E-state index contributed by atoms with van der Waals surface area (Å²) < 4.78 is 2.02. The molecule has 3 aromatic rings. The summed E-state index contributed by atoms with van der Waals surface area (Å²) in [5.74, 6) is 0.754. The second kappa shape index (κ2) is 4.26. The number of hydrogen-bond donors (Lipinski definition) is 0. The monoisotopic (exact) mass is 237 g/mol. The van der Waals surface area contributed by atoms with Gasteiger partial charge in [0.2, 0.25) is 5.78 Å². The molecule has 0 aliphatic heterocycles. The number of benzene rings is 1. The molecule has 0 aliphatic carbocycles. The van der Waals surface area contributed by atoms with Gasteiger partial charge in [0.1, 0.15) is 0 Å². The molecule has 0 saturated carbocycles. The lowest BCUT2D eigenvalue weighted by molar-refractivity contribution is 1.06. The molecule has 3 nitrogen and oxygen atoms in total. The Kier molecular flexibility index (Phi) is 2.59. The summed E-state index contributed by atoms with van der Waals surface area (Å²) in [6, 6.07) is 10.5. The van der Waals surface area contributed by atoms with Gasteiger partial charge in [-0.2, -0.15) is 0 Å². The summed E-state index contributed by atoms with van der Waals surface area (Å²) in [6.45, 7) is 4.24. The molecule has 0 fully saturated rings. The fraction of sp³-hybridized carbons (Fsp3) is 0.200. The van der Waals surface area contributed by atoms with E-state index in [-0.39, 0.29) is 0 Å². The van der Waals surface area contributed by atoms with Crippen LogP contribution in [0.5, 0.6) is 0 Å². The molecule has 0 aliphatic rings. The molecule has 0 unspecified atom stereocenters. The van der Waals surface area contributed by atoms with Gasteiger partial charge in [-0.25, -0.2) is 9.97 Å². The lowest BCUT2D eigenvalue weighted by Gasteiger charge is -2.01. The van der Waals surface area contributed by atoms with Crippen LogP contribution in [0.15, 0.2) is 42.7 Å². The zero-order chi connectivity index (χ0) is 12.5. The molecule has 0 saturated heterocycles. The van der Waals surface area contributed by atoms with Gasteiger partial charge in [-0.1, -0.05) is 31.2 Å². The van der Waals surface area contributed by atoms with Gasteiger partial charge in [-0.3, -0.25) is 4.40 Å². The number of fused-ring (bicyclic) bond motifs is 1. The highest BCUT2D eigenvalue weighted by molar-refractivity contribution is 5.65. The lowest BCUT2D eigenvalue weighted by Crippen LogP contribution is -1.88. The van der Waals surface area contributed by atoms with Gasteiger partial charge in [0.25, 0.3) is 0 Å². The first-order valence-corrected chi connectivity index (χ1v) is 6.18. The van der Waals surface area contributed by atoms with Gasteiger partial charge in [0, 0.05) is 23.7 Å². The molecule has 0 radical (unpaired) electrons. The molecular formula is C15H15N3. The fourth-order valence-corrected chi connectivity index (χ4v) is 2.17. The lowest BCUT2D eigenvalue weighted by atomic mass is 10.1. The van der Waals surface area contributed by atoms with E-state index in [2.05, 4.69) is 48.1 Å². The average Bonchev–Trinajstić information content (AvgIpc) is 2.77. The first-order chi connectivity index (χ1) is 8.79. The Labute approximate surface area is 106 Å². The van der Waals surface area contributed by atoms with Gasteiger partial charge in [0.15, 0.2) is 0 Å². The maximum Gasteiger partial charge on any atom is 0.234 e. The summed E-state index contributed by atoms with van der Waals surface area (Å²) in [4.78, 5) is 8.86. The zero-order valence-electron chi connectivity index (χ0n) is 10.6. The van der Waals surface area contributed by atoms with E-state index >= 15 is 0 Å². The van der Waals surface area contributed by atoms with E-state index in [0.717, 1.165) is 29.1 Å². The van der Waals surface area contributed by atoms with E-state index in [1.165, 1.54) is 5.56 Å². The molecule has 1 aromatic carbocycles. The zero-order valence-corrected chi connectivity index (χ0v) is 10.6. The van der Waals surface area contributed by atoms with Crippen LogP contribution in [0.3, 0.4) is 0 Å². The van der Waals surface area contributed by atoms with Crippen molar-refractivity contribution in [2.45, 2.75) is 20.3 Å². The van der Waals surface area contributed by atoms with Crippen LogP contribution >= 0.6 is 0 Å². The van der Waals surface area contributed by atoms with Crippen LogP contribution in [0.4, 0.5) is 0 Å². The molecule has 90 valence electrons. The molecule has 0 atom stereocenters. The van der Waals surface area contributed by atoms with Crippen molar-refractivity contribution in [3.63, 3.8) is 0 Å². The molecule has 0 spiro atoms. The number of nitrogens with zero attached hydrogens (tertiary/aromatic N) is 3. The van der Waals surface area contributed by atoms with E-state index in [1.54, 1.807) is 6.20 Å². The predicted octanol–water partition coefficient (Wildman–Crippen LogP) is 3.27. The van der Waals surface area contributed by atoms with E-state index in [9.17, 15) is 0 Å².